The van der Waals surface area contributed by atoms with Gasteiger partial charge in [0.15, 0.2) is 0 Å². The van der Waals surface area contributed by atoms with Crippen LogP contribution in [0, 0.1) is 0 Å². The molecule has 0 aromatic carbocycles. The second-order valence-corrected chi connectivity index (χ2v) is 7.26. The molecule has 2 nitrogen and oxygen atoms in total. The second kappa shape index (κ2) is 7.66. The average Bonchev–Trinajstić information content (AvgIpc) is 2.27. The van der Waals surface area contributed by atoms with Crippen LogP contribution in [0.1, 0.15) is 33.1 Å². The third-order valence-corrected chi connectivity index (χ3v) is 4.94. The van der Waals surface area contributed by atoms with E-state index in [2.05, 4.69) is 42.3 Å². The fraction of sp³-hybridized carbons (Fsp3) is 0.636. The molecule has 1 rings (SSSR count). The highest BCUT2D eigenvalue weighted by atomic mass is 127. The van der Waals surface area contributed by atoms with Gasteiger partial charge in [-0.3, -0.25) is 0 Å². The van der Waals surface area contributed by atoms with Crippen LogP contribution in [-0.4, -0.2) is 21.0 Å². The van der Waals surface area contributed by atoms with Crippen molar-refractivity contribution in [1.29, 1.82) is 0 Å². The second-order valence-electron chi connectivity index (χ2n) is 4.01. The summed E-state index contributed by atoms with van der Waals surface area (Å²) in [6.45, 7) is 4.54. The van der Waals surface area contributed by atoms with E-state index >= 15 is 0 Å². The fourth-order valence-corrected chi connectivity index (χ4v) is 3.58. The molecule has 1 aliphatic rings. The molecule has 0 bridgehead atoms. The van der Waals surface area contributed by atoms with Crippen LogP contribution in [0.3, 0.4) is 0 Å². The SMILES string of the molecule is CC1=COB(I)SC1C/C=C(\C)CCCO. The van der Waals surface area contributed by atoms with Crippen molar-refractivity contribution in [2.45, 2.75) is 38.4 Å². The third kappa shape index (κ3) is 5.14. The van der Waals surface area contributed by atoms with Crippen molar-refractivity contribution in [3.8, 4) is 0 Å². The summed E-state index contributed by atoms with van der Waals surface area (Å²) in [5.74, 6) is 0. The largest absolute Gasteiger partial charge is 0.548 e. The molecule has 0 radical (unpaired) electrons. The summed E-state index contributed by atoms with van der Waals surface area (Å²) in [4.78, 5) is 0. The highest BCUT2D eigenvalue weighted by Crippen LogP contribution is 2.33. The lowest BCUT2D eigenvalue weighted by molar-refractivity contribution is 0.288. The van der Waals surface area contributed by atoms with Crippen LogP contribution >= 0.6 is 34.0 Å². The first-order valence-corrected chi connectivity index (χ1v) is 7.70. The number of aliphatic hydroxyl groups is 1. The van der Waals surface area contributed by atoms with E-state index in [1.54, 1.807) is 0 Å². The quantitative estimate of drug-likeness (QED) is 0.466. The van der Waals surface area contributed by atoms with Gasteiger partial charge in [-0.1, -0.05) is 34.0 Å². The Kier molecular flexibility index (Phi) is 6.92. The Morgan fingerprint density at radius 2 is 2.50 bits per heavy atom. The molecule has 1 atom stereocenters. The molecule has 0 aromatic heterocycles. The van der Waals surface area contributed by atoms with Gasteiger partial charge in [0, 0.05) is 11.9 Å². The van der Waals surface area contributed by atoms with E-state index in [0.717, 1.165) is 19.3 Å². The zero-order valence-electron chi connectivity index (χ0n) is 9.78. The van der Waals surface area contributed by atoms with Crippen molar-refractivity contribution in [3.05, 3.63) is 23.5 Å². The molecule has 0 fully saturated rings. The summed E-state index contributed by atoms with van der Waals surface area (Å²) in [5, 5.41) is 9.29. The van der Waals surface area contributed by atoms with E-state index in [0.29, 0.717) is 5.25 Å². The fourth-order valence-electron chi connectivity index (χ4n) is 1.51. The summed E-state index contributed by atoms with van der Waals surface area (Å²) in [6, 6.07) is 0. The van der Waals surface area contributed by atoms with Gasteiger partial charge in [-0.2, -0.15) is 0 Å². The van der Waals surface area contributed by atoms with E-state index < -0.39 is 0 Å². The van der Waals surface area contributed by atoms with Crippen LogP contribution in [0.2, 0.25) is 0 Å². The van der Waals surface area contributed by atoms with Gasteiger partial charge in [0.05, 0.1) is 6.26 Å². The van der Waals surface area contributed by atoms with Gasteiger partial charge >= 0.3 is 4.05 Å². The molecule has 90 valence electrons. The van der Waals surface area contributed by atoms with Crippen molar-refractivity contribution < 1.29 is 9.76 Å². The molecular weight excluding hydrogens is 334 g/mol. The number of allylic oxidation sites excluding steroid dienone is 2. The summed E-state index contributed by atoms with van der Waals surface area (Å²) in [7, 11) is 0. The Hall–Kier alpha value is 0.385. The van der Waals surface area contributed by atoms with E-state index in [1.807, 2.05) is 17.9 Å². The van der Waals surface area contributed by atoms with Gasteiger partial charge in [-0.05, 0) is 38.7 Å². The molecule has 0 aromatic rings. The van der Waals surface area contributed by atoms with E-state index in [9.17, 15) is 0 Å². The van der Waals surface area contributed by atoms with Gasteiger partial charge in [0.25, 0.3) is 0 Å². The number of halogens is 1. The lowest BCUT2D eigenvalue weighted by atomic mass is 10.1. The number of rotatable bonds is 5. The molecule has 0 spiro atoms. The average molecular weight is 352 g/mol. The summed E-state index contributed by atoms with van der Waals surface area (Å²) >= 11 is 4.17. The monoisotopic (exact) mass is 352 g/mol. The van der Waals surface area contributed by atoms with E-state index in [4.69, 9.17) is 9.76 Å². The highest BCUT2D eigenvalue weighted by molar-refractivity contribution is 14.1. The van der Waals surface area contributed by atoms with Crippen LogP contribution in [0.4, 0.5) is 0 Å². The van der Waals surface area contributed by atoms with E-state index in [-0.39, 0.29) is 10.7 Å². The van der Waals surface area contributed by atoms with Gasteiger partial charge in [-0.15, -0.1) is 11.6 Å². The molecule has 0 aliphatic carbocycles. The van der Waals surface area contributed by atoms with E-state index in [1.165, 1.54) is 11.1 Å². The minimum Gasteiger partial charge on any atom is -0.548 e. The highest BCUT2D eigenvalue weighted by Gasteiger charge is 2.25. The summed E-state index contributed by atoms with van der Waals surface area (Å²) in [6.07, 6.45) is 7.11. The smallest absolute Gasteiger partial charge is 0.500 e. The molecule has 0 saturated heterocycles. The Morgan fingerprint density at radius 3 is 3.19 bits per heavy atom. The zero-order valence-corrected chi connectivity index (χ0v) is 12.8. The Morgan fingerprint density at radius 1 is 1.75 bits per heavy atom. The molecule has 5 heteroatoms. The van der Waals surface area contributed by atoms with Crippen molar-refractivity contribution in [2.24, 2.45) is 0 Å². The first-order valence-electron chi connectivity index (χ1n) is 5.51. The third-order valence-electron chi connectivity index (χ3n) is 2.55. The Labute approximate surface area is 116 Å². The maximum absolute atomic E-state index is 8.75. The van der Waals surface area contributed by atoms with Crippen molar-refractivity contribution in [1.82, 2.24) is 0 Å². The Balaban J connectivity index is 2.41. The molecular formula is C11H18BIO2S. The topological polar surface area (TPSA) is 29.5 Å². The predicted molar refractivity (Wildman–Crippen MR) is 80.7 cm³/mol. The Bertz CT molecular complexity index is 281. The van der Waals surface area contributed by atoms with Crippen molar-refractivity contribution in [2.75, 3.05) is 6.61 Å². The molecule has 0 amide bonds. The first kappa shape index (κ1) is 14.4. The maximum Gasteiger partial charge on any atom is 0.500 e. The van der Waals surface area contributed by atoms with Crippen LogP contribution in [-0.2, 0) is 4.65 Å². The summed E-state index contributed by atoms with van der Waals surface area (Å²) in [5.41, 5.74) is 2.68. The lowest BCUT2D eigenvalue weighted by Gasteiger charge is -2.22. The normalized spacial score (nSPS) is 21.8. The van der Waals surface area contributed by atoms with Crippen LogP contribution < -0.4 is 0 Å². The standard InChI is InChI=1S/C11H18BIO2S/c1-9(4-3-7-14)5-6-11-10(2)8-15-12(13)16-11/h5,8,11,14H,3-4,6-7H2,1-2H3/b9-5+. The first-order chi connectivity index (χ1) is 7.63. The number of hydrogen-bond donors (Lipinski definition) is 1. The number of aliphatic hydroxyl groups excluding tert-OH is 1. The van der Waals surface area contributed by atoms with Crippen molar-refractivity contribution in [3.63, 3.8) is 0 Å². The molecule has 1 heterocycles. The minimum absolute atomic E-state index is 0.234. The molecule has 1 unspecified atom stereocenters. The van der Waals surface area contributed by atoms with Gasteiger partial charge < -0.3 is 9.76 Å². The molecule has 0 saturated carbocycles. The van der Waals surface area contributed by atoms with Gasteiger partial charge in [0.1, 0.15) is 0 Å². The molecule has 1 aliphatic heterocycles. The minimum atomic E-state index is 0.234. The van der Waals surface area contributed by atoms with Crippen LogP contribution in [0.25, 0.3) is 0 Å². The van der Waals surface area contributed by atoms with Crippen molar-refractivity contribution >= 4 is 38.0 Å². The van der Waals surface area contributed by atoms with Gasteiger partial charge in [-0.25, -0.2) is 0 Å². The predicted octanol–water partition coefficient (Wildman–Crippen LogP) is 3.55. The van der Waals surface area contributed by atoms with Crippen LogP contribution in [0.5, 0.6) is 0 Å². The number of hydrogen-bond acceptors (Lipinski definition) is 3. The van der Waals surface area contributed by atoms with Gasteiger partial charge in [0.2, 0.25) is 0 Å². The zero-order chi connectivity index (χ0) is 12.0. The molecule has 16 heavy (non-hydrogen) atoms. The lowest BCUT2D eigenvalue weighted by Crippen LogP contribution is -2.17. The maximum atomic E-state index is 8.75. The van der Waals surface area contributed by atoms with Crippen LogP contribution in [0.15, 0.2) is 23.5 Å². The summed E-state index contributed by atoms with van der Waals surface area (Å²) < 4.78 is 5.66. The molecule has 1 N–H and O–H groups in total.